The molecular weight excluding hydrogens is 398 g/mol. The molecule has 30 heavy (non-hydrogen) atoms. The van der Waals surface area contributed by atoms with Crippen LogP contribution in [0, 0.1) is 6.61 Å². The van der Waals surface area contributed by atoms with Gasteiger partial charge in [0.15, 0.2) is 12.2 Å². The van der Waals surface area contributed by atoms with Crippen LogP contribution in [-0.2, 0) is 33.3 Å². The molecule has 1 aromatic rings. The zero-order valence-electron chi connectivity index (χ0n) is 16.5. The maximum absolute atomic E-state index is 12.9. The van der Waals surface area contributed by atoms with E-state index in [9.17, 15) is 24.0 Å². The summed E-state index contributed by atoms with van der Waals surface area (Å²) in [5.74, 6) is -3.22. The molecule has 0 aliphatic carbocycles. The fourth-order valence-corrected chi connectivity index (χ4v) is 3.43. The van der Waals surface area contributed by atoms with Crippen LogP contribution < -0.4 is 0 Å². The Bertz CT molecular complexity index is 861. The van der Waals surface area contributed by atoms with Crippen molar-refractivity contribution in [2.24, 2.45) is 0 Å². The van der Waals surface area contributed by atoms with Gasteiger partial charge in [0.25, 0.3) is 11.8 Å². The van der Waals surface area contributed by atoms with Gasteiger partial charge in [-0.25, -0.2) is 0 Å². The summed E-state index contributed by atoms with van der Waals surface area (Å²) < 4.78 is 21.1. The Hall–Kier alpha value is -3.27. The number of esters is 3. The molecule has 10 nitrogen and oxygen atoms in total. The molecule has 2 amide bonds. The molecule has 0 spiro atoms. The van der Waals surface area contributed by atoms with Gasteiger partial charge in [-0.1, -0.05) is 12.1 Å². The number of hydrogen-bond donors (Lipinski definition) is 0. The summed E-state index contributed by atoms with van der Waals surface area (Å²) >= 11 is 0. The molecule has 1 saturated heterocycles. The molecule has 2 heterocycles. The molecule has 10 heteroatoms. The minimum Gasteiger partial charge on any atom is -0.463 e. The molecule has 1 fully saturated rings. The molecule has 159 valence electrons. The van der Waals surface area contributed by atoms with E-state index in [1.54, 1.807) is 12.1 Å². The molecule has 3 rings (SSSR count). The van der Waals surface area contributed by atoms with Crippen molar-refractivity contribution in [3.05, 3.63) is 42.0 Å². The van der Waals surface area contributed by atoms with Gasteiger partial charge in [0, 0.05) is 20.8 Å². The van der Waals surface area contributed by atoms with Crippen LogP contribution in [0.3, 0.4) is 0 Å². The smallest absolute Gasteiger partial charge is 0.303 e. The van der Waals surface area contributed by atoms with Gasteiger partial charge in [-0.3, -0.25) is 28.9 Å². The number of nitrogens with zero attached hydrogens (tertiary/aromatic N) is 1. The molecule has 2 aliphatic rings. The average molecular weight is 418 g/mol. The predicted octanol–water partition coefficient (Wildman–Crippen LogP) is 0.638. The minimum absolute atomic E-state index is 0.198. The van der Waals surface area contributed by atoms with Gasteiger partial charge in [0.05, 0.1) is 11.1 Å². The lowest BCUT2D eigenvalue weighted by molar-refractivity contribution is -0.201. The van der Waals surface area contributed by atoms with E-state index in [0.717, 1.165) is 25.4 Å². The lowest BCUT2D eigenvalue weighted by atomic mass is 9.96. The molecule has 0 bridgehead atoms. The molecule has 1 aromatic carbocycles. The SMILES string of the molecule is CC(=O)OC[C@H]1O[CH][C@H](N2C(=O)c3ccccc3C2=O)[C@@H](OC(C)=O)[C@@H]1OC(C)=O. The highest BCUT2D eigenvalue weighted by Crippen LogP contribution is 2.33. The highest BCUT2D eigenvalue weighted by molar-refractivity contribution is 6.21. The van der Waals surface area contributed by atoms with Crippen LogP contribution in [0.1, 0.15) is 41.5 Å². The van der Waals surface area contributed by atoms with Gasteiger partial charge in [-0.2, -0.15) is 0 Å². The molecule has 2 aliphatic heterocycles. The summed E-state index contributed by atoms with van der Waals surface area (Å²) in [6.07, 6.45) is -3.50. The minimum atomic E-state index is -1.26. The molecule has 0 aromatic heterocycles. The van der Waals surface area contributed by atoms with E-state index in [1.807, 2.05) is 0 Å². The highest BCUT2D eigenvalue weighted by atomic mass is 16.6. The Morgan fingerprint density at radius 2 is 1.43 bits per heavy atom. The first-order valence-corrected chi connectivity index (χ1v) is 9.14. The van der Waals surface area contributed by atoms with E-state index >= 15 is 0 Å². The van der Waals surface area contributed by atoms with E-state index in [0.29, 0.717) is 0 Å². The van der Waals surface area contributed by atoms with Crippen molar-refractivity contribution in [3.8, 4) is 0 Å². The van der Waals surface area contributed by atoms with Crippen LogP contribution >= 0.6 is 0 Å². The summed E-state index contributed by atoms with van der Waals surface area (Å²) in [5.41, 5.74) is 0.395. The molecule has 0 saturated carbocycles. The molecule has 0 unspecified atom stereocenters. The van der Waals surface area contributed by atoms with Gasteiger partial charge in [0.1, 0.15) is 25.4 Å². The number of imide groups is 1. The first-order chi connectivity index (χ1) is 14.2. The van der Waals surface area contributed by atoms with Crippen LogP contribution in [0.15, 0.2) is 24.3 Å². The number of benzene rings is 1. The van der Waals surface area contributed by atoms with Crippen molar-refractivity contribution in [3.63, 3.8) is 0 Å². The van der Waals surface area contributed by atoms with E-state index in [1.165, 1.54) is 19.1 Å². The van der Waals surface area contributed by atoms with Crippen LogP contribution in [0.5, 0.6) is 0 Å². The lowest BCUT2D eigenvalue weighted by Gasteiger charge is -2.42. The van der Waals surface area contributed by atoms with Gasteiger partial charge in [-0.05, 0) is 12.1 Å². The van der Waals surface area contributed by atoms with Crippen molar-refractivity contribution in [1.82, 2.24) is 4.90 Å². The van der Waals surface area contributed by atoms with Gasteiger partial charge in [-0.15, -0.1) is 0 Å². The predicted molar refractivity (Wildman–Crippen MR) is 97.6 cm³/mol. The highest BCUT2D eigenvalue weighted by Gasteiger charge is 2.52. The van der Waals surface area contributed by atoms with Crippen molar-refractivity contribution in [2.45, 2.75) is 45.1 Å². The average Bonchev–Trinajstić information content (AvgIpc) is 2.92. The Morgan fingerprint density at radius 3 is 1.93 bits per heavy atom. The fourth-order valence-electron chi connectivity index (χ4n) is 3.43. The summed E-state index contributed by atoms with van der Waals surface area (Å²) in [5, 5.41) is 0. The monoisotopic (exact) mass is 418 g/mol. The summed E-state index contributed by atoms with van der Waals surface area (Å²) in [6, 6.07) is 5.09. The van der Waals surface area contributed by atoms with E-state index in [2.05, 4.69) is 0 Å². The third-order valence-electron chi connectivity index (χ3n) is 4.60. The Labute approximate surface area is 172 Å². The first-order valence-electron chi connectivity index (χ1n) is 9.14. The van der Waals surface area contributed by atoms with E-state index in [4.69, 9.17) is 18.9 Å². The van der Waals surface area contributed by atoms with Crippen molar-refractivity contribution in [1.29, 1.82) is 0 Å². The van der Waals surface area contributed by atoms with Crippen LogP contribution in [0.2, 0.25) is 0 Å². The number of hydrogen-bond acceptors (Lipinski definition) is 9. The van der Waals surface area contributed by atoms with Crippen LogP contribution in [0.25, 0.3) is 0 Å². The maximum atomic E-state index is 12.9. The molecule has 1 radical (unpaired) electrons. The van der Waals surface area contributed by atoms with E-state index < -0.39 is 54.1 Å². The summed E-state index contributed by atoms with van der Waals surface area (Å²) in [7, 11) is 0. The standard InChI is InChI=1S/C20H20NO9/c1-10(22)27-9-16-18(30-12(3)24)17(29-11(2)23)15(8-28-16)21-19(25)13-6-4-5-7-14(13)20(21)26/h4-8,15-18H,9H2,1-3H3/t15-,16+,17+,18+/m0/s1. The number of fused-ring (bicyclic) bond motifs is 1. The lowest BCUT2D eigenvalue weighted by Crippen LogP contribution is -2.61. The fraction of sp³-hybridized carbons (Fsp3) is 0.400. The molecule has 4 atom stereocenters. The Kier molecular flexibility index (Phi) is 6.16. The molecular formula is C20H20NO9. The van der Waals surface area contributed by atoms with Crippen LogP contribution in [0.4, 0.5) is 0 Å². The zero-order valence-corrected chi connectivity index (χ0v) is 16.5. The first kappa shape index (κ1) is 21.4. The van der Waals surface area contributed by atoms with Crippen LogP contribution in [-0.4, -0.2) is 65.6 Å². The molecule has 0 N–H and O–H groups in total. The van der Waals surface area contributed by atoms with Crippen molar-refractivity contribution < 1.29 is 42.9 Å². The largest absolute Gasteiger partial charge is 0.463 e. The number of carbonyl (C=O) groups is 5. The number of carbonyl (C=O) groups excluding carboxylic acids is 5. The van der Waals surface area contributed by atoms with Gasteiger partial charge in [0.2, 0.25) is 0 Å². The summed E-state index contributed by atoms with van der Waals surface area (Å²) in [6.45, 7) is 4.34. The third-order valence-corrected chi connectivity index (χ3v) is 4.60. The van der Waals surface area contributed by atoms with Gasteiger partial charge < -0.3 is 18.9 Å². The third kappa shape index (κ3) is 4.18. The number of rotatable bonds is 5. The zero-order chi connectivity index (χ0) is 22.0. The van der Waals surface area contributed by atoms with E-state index in [-0.39, 0.29) is 17.7 Å². The van der Waals surface area contributed by atoms with Crippen molar-refractivity contribution >= 4 is 29.7 Å². The second kappa shape index (κ2) is 8.62. The van der Waals surface area contributed by atoms with Crippen molar-refractivity contribution in [2.75, 3.05) is 6.61 Å². The summed E-state index contributed by atoms with van der Waals surface area (Å²) in [4.78, 5) is 61.3. The Balaban J connectivity index is 1.95. The Morgan fingerprint density at radius 1 is 0.900 bits per heavy atom. The maximum Gasteiger partial charge on any atom is 0.303 e. The van der Waals surface area contributed by atoms with Gasteiger partial charge >= 0.3 is 17.9 Å². The normalized spacial score (nSPS) is 25.5. The number of amides is 2. The number of ether oxygens (including phenoxy) is 4. The second-order valence-corrected chi connectivity index (χ2v) is 6.78. The topological polar surface area (TPSA) is 126 Å². The second-order valence-electron chi connectivity index (χ2n) is 6.78. The quantitative estimate of drug-likeness (QED) is 0.385.